The molecular formula is C20H13NO4. The van der Waals surface area contributed by atoms with Crippen LogP contribution in [0.1, 0.15) is 20.7 Å². The van der Waals surface area contributed by atoms with Crippen LogP contribution in [0.4, 0.5) is 0 Å². The number of ether oxygens (including phenoxy) is 1. The summed E-state index contributed by atoms with van der Waals surface area (Å²) in [5.41, 5.74) is 1.99. The standard InChI is InChI=1S/C20H13NO4/c22-18(15-6-5-13-3-1-2-4-14(13)9-15)11-24-20(23)16-7-8-19-17(10-16)21-12-25-19/h1-10,12H,11H2. The van der Waals surface area contributed by atoms with Gasteiger partial charge in [-0.3, -0.25) is 4.79 Å². The quantitative estimate of drug-likeness (QED) is 0.417. The van der Waals surface area contributed by atoms with Crippen LogP contribution in [-0.4, -0.2) is 23.3 Å². The minimum absolute atomic E-state index is 0.249. The zero-order chi connectivity index (χ0) is 17.2. The predicted molar refractivity (Wildman–Crippen MR) is 92.6 cm³/mol. The van der Waals surface area contributed by atoms with Gasteiger partial charge in [-0.1, -0.05) is 36.4 Å². The second-order valence-corrected chi connectivity index (χ2v) is 5.60. The van der Waals surface area contributed by atoms with Crippen LogP contribution < -0.4 is 0 Å². The summed E-state index contributed by atoms with van der Waals surface area (Å²) in [4.78, 5) is 28.4. The van der Waals surface area contributed by atoms with E-state index in [9.17, 15) is 9.59 Å². The molecule has 5 heteroatoms. The lowest BCUT2D eigenvalue weighted by Gasteiger charge is -2.05. The fourth-order valence-corrected chi connectivity index (χ4v) is 2.65. The van der Waals surface area contributed by atoms with Crippen molar-refractivity contribution in [2.45, 2.75) is 0 Å². The van der Waals surface area contributed by atoms with Crippen molar-refractivity contribution in [3.63, 3.8) is 0 Å². The van der Waals surface area contributed by atoms with Gasteiger partial charge in [0.25, 0.3) is 0 Å². The van der Waals surface area contributed by atoms with Crippen molar-refractivity contribution in [1.82, 2.24) is 4.98 Å². The van der Waals surface area contributed by atoms with Gasteiger partial charge in [-0.25, -0.2) is 9.78 Å². The zero-order valence-corrected chi connectivity index (χ0v) is 13.1. The van der Waals surface area contributed by atoms with Crippen molar-refractivity contribution in [2.75, 3.05) is 6.61 Å². The average Bonchev–Trinajstić information content (AvgIpc) is 3.13. The number of carbonyl (C=O) groups excluding carboxylic acids is 2. The van der Waals surface area contributed by atoms with Crippen molar-refractivity contribution in [2.24, 2.45) is 0 Å². The molecule has 0 radical (unpaired) electrons. The molecule has 4 rings (SSSR count). The lowest BCUT2D eigenvalue weighted by atomic mass is 10.0. The van der Waals surface area contributed by atoms with E-state index in [1.165, 1.54) is 6.39 Å². The molecule has 1 aromatic heterocycles. The highest BCUT2D eigenvalue weighted by atomic mass is 16.5. The molecule has 0 atom stereocenters. The zero-order valence-electron chi connectivity index (χ0n) is 13.1. The summed E-state index contributed by atoms with van der Waals surface area (Å²) in [6.45, 7) is -0.311. The van der Waals surface area contributed by atoms with Crippen LogP contribution in [0.25, 0.3) is 21.9 Å². The van der Waals surface area contributed by atoms with E-state index in [-0.39, 0.29) is 12.4 Å². The number of aromatic nitrogens is 1. The van der Waals surface area contributed by atoms with Gasteiger partial charge in [-0.15, -0.1) is 0 Å². The van der Waals surface area contributed by atoms with Gasteiger partial charge in [-0.2, -0.15) is 0 Å². The van der Waals surface area contributed by atoms with Gasteiger partial charge in [0.2, 0.25) is 0 Å². The molecule has 1 heterocycles. The van der Waals surface area contributed by atoms with E-state index >= 15 is 0 Å². The molecule has 0 spiro atoms. The van der Waals surface area contributed by atoms with Gasteiger partial charge < -0.3 is 9.15 Å². The van der Waals surface area contributed by atoms with Crippen LogP contribution in [0, 0.1) is 0 Å². The van der Waals surface area contributed by atoms with Gasteiger partial charge in [-0.05, 0) is 35.0 Å². The molecule has 0 bridgehead atoms. The number of fused-ring (bicyclic) bond motifs is 2. The third-order valence-electron chi connectivity index (χ3n) is 3.97. The molecule has 0 aliphatic rings. The number of carbonyl (C=O) groups is 2. The smallest absolute Gasteiger partial charge is 0.338 e. The number of hydrogen-bond acceptors (Lipinski definition) is 5. The number of esters is 1. The highest BCUT2D eigenvalue weighted by molar-refractivity contribution is 6.02. The average molecular weight is 331 g/mol. The van der Waals surface area contributed by atoms with E-state index in [0.717, 1.165) is 10.8 Å². The van der Waals surface area contributed by atoms with Crippen LogP contribution in [0.2, 0.25) is 0 Å². The maximum absolute atomic E-state index is 12.3. The Labute approximate surface area is 142 Å². The molecule has 0 amide bonds. The van der Waals surface area contributed by atoms with Crippen LogP contribution >= 0.6 is 0 Å². The van der Waals surface area contributed by atoms with Crippen molar-refractivity contribution in [3.05, 3.63) is 78.2 Å². The first-order valence-corrected chi connectivity index (χ1v) is 7.73. The SMILES string of the molecule is O=C(COC(=O)c1ccc2ocnc2c1)c1ccc2ccccc2c1. The van der Waals surface area contributed by atoms with Gasteiger partial charge in [0.05, 0.1) is 5.56 Å². The maximum atomic E-state index is 12.3. The summed E-state index contributed by atoms with van der Waals surface area (Å²) in [5.74, 6) is -0.819. The van der Waals surface area contributed by atoms with Crippen LogP contribution in [-0.2, 0) is 4.74 Å². The molecular weight excluding hydrogens is 318 g/mol. The highest BCUT2D eigenvalue weighted by Crippen LogP contribution is 2.17. The number of hydrogen-bond donors (Lipinski definition) is 0. The molecule has 25 heavy (non-hydrogen) atoms. The minimum atomic E-state index is -0.570. The third-order valence-corrected chi connectivity index (χ3v) is 3.97. The third kappa shape index (κ3) is 2.99. The monoisotopic (exact) mass is 331 g/mol. The van der Waals surface area contributed by atoms with E-state index in [1.807, 2.05) is 30.3 Å². The van der Waals surface area contributed by atoms with Crippen molar-refractivity contribution in [1.29, 1.82) is 0 Å². The molecule has 0 N–H and O–H groups in total. The lowest BCUT2D eigenvalue weighted by Crippen LogP contribution is -2.14. The molecule has 5 nitrogen and oxygen atoms in total. The van der Waals surface area contributed by atoms with Crippen molar-refractivity contribution >= 4 is 33.6 Å². The number of oxazole rings is 1. The first-order chi connectivity index (χ1) is 12.2. The second-order valence-electron chi connectivity index (χ2n) is 5.60. The largest absolute Gasteiger partial charge is 0.454 e. The van der Waals surface area contributed by atoms with Crippen molar-refractivity contribution in [3.8, 4) is 0 Å². The number of Topliss-reactive ketones (excluding diaryl/α,β-unsaturated/α-hetero) is 1. The molecule has 0 unspecified atom stereocenters. The van der Waals surface area contributed by atoms with E-state index in [0.29, 0.717) is 22.2 Å². The topological polar surface area (TPSA) is 69.4 Å². The number of rotatable bonds is 4. The first-order valence-electron chi connectivity index (χ1n) is 7.73. The Bertz CT molecular complexity index is 1100. The molecule has 0 fully saturated rings. The number of ketones is 1. The highest BCUT2D eigenvalue weighted by Gasteiger charge is 2.13. The molecule has 0 saturated heterocycles. The van der Waals surface area contributed by atoms with Gasteiger partial charge in [0.1, 0.15) is 5.52 Å². The normalized spacial score (nSPS) is 10.9. The van der Waals surface area contributed by atoms with Crippen LogP contribution in [0.5, 0.6) is 0 Å². The van der Waals surface area contributed by atoms with Crippen molar-refractivity contribution < 1.29 is 18.7 Å². The Morgan fingerprint density at radius 2 is 1.72 bits per heavy atom. The lowest BCUT2D eigenvalue weighted by molar-refractivity contribution is 0.0475. The maximum Gasteiger partial charge on any atom is 0.338 e. The fourth-order valence-electron chi connectivity index (χ4n) is 2.65. The number of nitrogens with zero attached hydrogens (tertiary/aromatic N) is 1. The van der Waals surface area contributed by atoms with E-state index in [2.05, 4.69) is 4.98 Å². The Hall–Kier alpha value is -3.47. The van der Waals surface area contributed by atoms with Crippen LogP contribution in [0.15, 0.2) is 71.5 Å². The summed E-state index contributed by atoms with van der Waals surface area (Å²) in [6.07, 6.45) is 1.31. The molecule has 0 aliphatic carbocycles. The molecule has 122 valence electrons. The molecule has 0 aliphatic heterocycles. The van der Waals surface area contributed by atoms with Gasteiger partial charge in [0.15, 0.2) is 24.4 Å². The summed E-state index contributed by atoms with van der Waals surface area (Å²) < 4.78 is 10.3. The van der Waals surface area contributed by atoms with E-state index in [4.69, 9.17) is 9.15 Å². The number of benzene rings is 3. The summed E-state index contributed by atoms with van der Waals surface area (Å²) in [5, 5.41) is 2.02. The minimum Gasteiger partial charge on any atom is -0.454 e. The summed E-state index contributed by atoms with van der Waals surface area (Å²) >= 11 is 0. The van der Waals surface area contributed by atoms with Gasteiger partial charge in [0, 0.05) is 5.56 Å². The summed E-state index contributed by atoms with van der Waals surface area (Å²) in [6, 6.07) is 18.0. The molecule has 0 saturated carbocycles. The fraction of sp³-hybridized carbons (Fsp3) is 0.0500. The van der Waals surface area contributed by atoms with E-state index in [1.54, 1.807) is 30.3 Å². The molecule has 3 aromatic carbocycles. The molecule has 4 aromatic rings. The Morgan fingerprint density at radius 3 is 2.60 bits per heavy atom. The Kier molecular flexibility index (Phi) is 3.74. The Balaban J connectivity index is 1.47. The Morgan fingerprint density at radius 1 is 0.920 bits per heavy atom. The van der Waals surface area contributed by atoms with Crippen LogP contribution in [0.3, 0.4) is 0 Å². The first kappa shape index (κ1) is 15.1. The van der Waals surface area contributed by atoms with E-state index < -0.39 is 5.97 Å². The summed E-state index contributed by atoms with van der Waals surface area (Å²) in [7, 11) is 0. The second kappa shape index (κ2) is 6.20. The van der Waals surface area contributed by atoms with Gasteiger partial charge >= 0.3 is 5.97 Å². The predicted octanol–water partition coefficient (Wildman–Crippen LogP) is 4.02.